The quantitative estimate of drug-likeness (QED) is 0.312. The van der Waals surface area contributed by atoms with E-state index in [4.69, 9.17) is 0 Å². The van der Waals surface area contributed by atoms with Crippen molar-refractivity contribution in [2.45, 2.75) is 71.1 Å². The third kappa shape index (κ3) is 18.2. The van der Waals surface area contributed by atoms with Gasteiger partial charge in [0.05, 0.1) is 6.61 Å². The van der Waals surface area contributed by atoms with Crippen LogP contribution in [0.5, 0.6) is 0 Å². The van der Waals surface area contributed by atoms with Gasteiger partial charge in [0, 0.05) is 0 Å². The van der Waals surface area contributed by atoms with Crippen LogP contribution in [-0.4, -0.2) is 25.1 Å². The summed E-state index contributed by atoms with van der Waals surface area (Å²) in [5, 5.41) is 0. The minimum Gasteiger partial charge on any atom is -0.726 e. The summed E-state index contributed by atoms with van der Waals surface area (Å²) in [5.41, 5.74) is 0. The molecule has 0 aromatic carbocycles. The first-order chi connectivity index (χ1) is 8.06. The molecule has 5 nitrogen and oxygen atoms in total. The Morgan fingerprint density at radius 3 is 1.61 bits per heavy atom. The van der Waals surface area contributed by atoms with Gasteiger partial charge in [0.25, 0.3) is 0 Å². The molecule has 0 bridgehead atoms. The van der Waals surface area contributed by atoms with E-state index in [9.17, 15) is 13.0 Å². The third-order valence-electron chi connectivity index (χ3n) is 2.73. The topological polar surface area (TPSA) is 97.9 Å². The minimum atomic E-state index is -4.48. The second-order valence-electron chi connectivity index (χ2n) is 4.41. The zero-order chi connectivity index (χ0) is 13.0. The smallest absolute Gasteiger partial charge is 0.217 e. The van der Waals surface area contributed by atoms with Gasteiger partial charge in [-0.2, -0.15) is 0 Å². The molecule has 0 aliphatic heterocycles. The summed E-state index contributed by atoms with van der Waals surface area (Å²) in [6.45, 7) is 2.24. The van der Waals surface area contributed by atoms with Crippen LogP contribution in [0.3, 0.4) is 0 Å². The summed E-state index contributed by atoms with van der Waals surface area (Å²) in [7, 11) is -4.48. The Morgan fingerprint density at radius 1 is 0.833 bits per heavy atom. The number of rotatable bonds is 12. The molecule has 6 heteroatoms. The Labute approximate surface area is 111 Å². The summed E-state index contributed by atoms with van der Waals surface area (Å²) < 4.78 is 34.5. The van der Waals surface area contributed by atoms with Gasteiger partial charge in [0.2, 0.25) is 10.4 Å². The van der Waals surface area contributed by atoms with Crippen LogP contribution in [0.2, 0.25) is 0 Å². The molecule has 0 radical (unpaired) electrons. The monoisotopic (exact) mass is 283 g/mol. The molecule has 0 unspecified atom stereocenters. The van der Waals surface area contributed by atoms with Crippen LogP contribution in [0.1, 0.15) is 71.1 Å². The van der Waals surface area contributed by atoms with Gasteiger partial charge in [-0.3, -0.25) is 4.18 Å². The van der Waals surface area contributed by atoms with Crippen molar-refractivity contribution in [2.24, 2.45) is 0 Å². The van der Waals surface area contributed by atoms with Crippen LogP contribution in [0.15, 0.2) is 0 Å². The fraction of sp³-hybridized carbons (Fsp3) is 1.00. The highest BCUT2D eigenvalue weighted by Crippen LogP contribution is 2.10. The molecule has 0 fully saturated rings. The Kier molecular flexibility index (Phi) is 14.9. The fourth-order valence-corrected chi connectivity index (χ4v) is 2.07. The van der Waals surface area contributed by atoms with Gasteiger partial charge in [-0.1, -0.05) is 64.7 Å². The Morgan fingerprint density at radius 2 is 1.22 bits per heavy atom. The lowest BCUT2D eigenvalue weighted by molar-refractivity contribution is 0.255. The van der Waals surface area contributed by atoms with E-state index in [2.05, 4.69) is 11.1 Å². The lowest BCUT2D eigenvalue weighted by atomic mass is 10.1. The van der Waals surface area contributed by atoms with E-state index in [1.807, 2.05) is 0 Å². The summed E-state index contributed by atoms with van der Waals surface area (Å²) in [4.78, 5) is 0. The second kappa shape index (κ2) is 13.3. The van der Waals surface area contributed by atoms with Crippen LogP contribution < -0.4 is 0 Å². The molecular weight excluding hydrogens is 256 g/mol. The molecule has 0 atom stereocenters. The molecule has 0 aromatic heterocycles. The average molecular weight is 283 g/mol. The molecule has 0 aliphatic carbocycles. The predicted molar refractivity (Wildman–Crippen MR) is 71.1 cm³/mol. The lowest BCUT2D eigenvalue weighted by Crippen LogP contribution is -2.05. The van der Waals surface area contributed by atoms with E-state index in [1.165, 1.54) is 44.9 Å². The fourth-order valence-electron chi connectivity index (χ4n) is 1.75. The molecule has 0 amide bonds. The maximum atomic E-state index is 10.1. The van der Waals surface area contributed by atoms with Crippen molar-refractivity contribution in [3.05, 3.63) is 0 Å². The normalized spacial score (nSPS) is 11.2. The molecule has 0 heterocycles. The zero-order valence-corrected chi connectivity index (χ0v) is 12.1. The molecular formula is C12H27O5S-. The van der Waals surface area contributed by atoms with E-state index in [0.29, 0.717) is 6.42 Å². The lowest BCUT2D eigenvalue weighted by Gasteiger charge is -2.06. The summed E-state index contributed by atoms with van der Waals surface area (Å²) in [5.74, 6) is 0. The van der Waals surface area contributed by atoms with E-state index >= 15 is 0 Å². The Bertz CT molecular complexity index is 251. The van der Waals surface area contributed by atoms with Gasteiger partial charge in [-0.25, -0.2) is 8.42 Å². The van der Waals surface area contributed by atoms with Gasteiger partial charge in [-0.15, -0.1) is 0 Å². The van der Waals surface area contributed by atoms with Crippen LogP contribution in [0.4, 0.5) is 0 Å². The van der Waals surface area contributed by atoms with Crippen molar-refractivity contribution in [3.63, 3.8) is 0 Å². The molecule has 0 rings (SSSR count). The first-order valence-corrected chi connectivity index (χ1v) is 8.00. The van der Waals surface area contributed by atoms with Crippen LogP contribution in [0, 0.1) is 0 Å². The maximum Gasteiger partial charge on any atom is 0.217 e. The molecule has 18 heavy (non-hydrogen) atoms. The molecule has 0 aromatic rings. The minimum absolute atomic E-state index is 0. The van der Waals surface area contributed by atoms with Crippen LogP contribution in [0.25, 0.3) is 0 Å². The van der Waals surface area contributed by atoms with Crippen LogP contribution >= 0.6 is 0 Å². The molecule has 112 valence electrons. The number of hydrogen-bond acceptors (Lipinski definition) is 4. The van der Waals surface area contributed by atoms with E-state index in [0.717, 1.165) is 12.8 Å². The summed E-state index contributed by atoms with van der Waals surface area (Å²) in [6.07, 6.45) is 11.7. The van der Waals surface area contributed by atoms with Crippen molar-refractivity contribution >= 4 is 10.4 Å². The van der Waals surface area contributed by atoms with Crippen molar-refractivity contribution in [2.75, 3.05) is 6.61 Å². The molecule has 2 N–H and O–H groups in total. The van der Waals surface area contributed by atoms with Gasteiger partial charge < -0.3 is 10.0 Å². The standard InChI is InChI=1S/C12H26O4S.H2O/c1-2-3-4-5-6-7-8-9-10-11-12-16-17(13,14)15;/h2-12H2,1H3,(H,13,14,15);1H2/p-1. The highest BCUT2D eigenvalue weighted by molar-refractivity contribution is 7.80. The predicted octanol–water partition coefficient (Wildman–Crippen LogP) is 2.56. The van der Waals surface area contributed by atoms with Crippen molar-refractivity contribution in [3.8, 4) is 0 Å². The van der Waals surface area contributed by atoms with Crippen molar-refractivity contribution in [1.82, 2.24) is 0 Å². The largest absolute Gasteiger partial charge is 0.726 e. The molecule has 0 spiro atoms. The highest BCUT2D eigenvalue weighted by Gasteiger charge is 1.95. The van der Waals surface area contributed by atoms with E-state index in [1.54, 1.807) is 0 Å². The van der Waals surface area contributed by atoms with Gasteiger partial charge in [0.1, 0.15) is 0 Å². The summed E-state index contributed by atoms with van der Waals surface area (Å²) >= 11 is 0. The van der Waals surface area contributed by atoms with Gasteiger partial charge in [0.15, 0.2) is 0 Å². The van der Waals surface area contributed by atoms with Gasteiger partial charge in [-0.05, 0) is 6.42 Å². The van der Waals surface area contributed by atoms with Crippen LogP contribution in [-0.2, 0) is 14.6 Å². The first-order valence-electron chi connectivity index (χ1n) is 6.66. The highest BCUT2D eigenvalue weighted by atomic mass is 32.3. The SMILES string of the molecule is CCCCCCCCCCCCOS(=O)(=O)[O-].O. The molecule has 0 aliphatic rings. The molecule has 0 saturated carbocycles. The Hall–Kier alpha value is -0.170. The first kappa shape index (κ1) is 20.2. The Balaban J connectivity index is 0. The van der Waals surface area contributed by atoms with Crippen molar-refractivity contribution < 1.29 is 22.6 Å². The summed E-state index contributed by atoms with van der Waals surface area (Å²) in [6, 6.07) is 0. The van der Waals surface area contributed by atoms with E-state index < -0.39 is 10.4 Å². The van der Waals surface area contributed by atoms with Crippen molar-refractivity contribution in [1.29, 1.82) is 0 Å². The number of unbranched alkanes of at least 4 members (excludes halogenated alkanes) is 9. The molecule has 0 saturated heterocycles. The third-order valence-corrected chi connectivity index (χ3v) is 3.18. The second-order valence-corrected chi connectivity index (χ2v) is 5.46. The van der Waals surface area contributed by atoms with E-state index in [-0.39, 0.29) is 12.1 Å². The van der Waals surface area contributed by atoms with Gasteiger partial charge >= 0.3 is 0 Å². The zero-order valence-electron chi connectivity index (χ0n) is 11.3. The maximum absolute atomic E-state index is 10.1. The number of hydrogen-bond donors (Lipinski definition) is 0. The average Bonchev–Trinajstić information content (AvgIpc) is 2.24.